The van der Waals surface area contributed by atoms with Crippen molar-refractivity contribution < 1.29 is 9.53 Å². The van der Waals surface area contributed by atoms with Crippen LogP contribution in [0, 0.1) is 6.92 Å². The molecular formula is C14H12ClNO2. The van der Waals surface area contributed by atoms with Gasteiger partial charge in [0.15, 0.2) is 5.75 Å². The summed E-state index contributed by atoms with van der Waals surface area (Å²) in [5.41, 5.74) is 1.69. The van der Waals surface area contributed by atoms with Crippen LogP contribution < -0.4 is 10.1 Å². The summed E-state index contributed by atoms with van der Waals surface area (Å²) in [5.74, 6) is 1.11. The molecule has 0 saturated carbocycles. The average molecular weight is 262 g/mol. The van der Waals surface area contributed by atoms with Gasteiger partial charge in [-0.25, -0.2) is 0 Å². The minimum Gasteiger partial charge on any atom is -0.454 e. The lowest BCUT2D eigenvalue weighted by Crippen LogP contribution is -1.97. The minimum absolute atomic E-state index is 0.440. The van der Waals surface area contributed by atoms with Crippen LogP contribution in [0.3, 0.4) is 0 Å². The normalized spacial score (nSPS) is 9.89. The topological polar surface area (TPSA) is 38.3 Å². The second-order valence-electron chi connectivity index (χ2n) is 3.79. The highest BCUT2D eigenvalue weighted by molar-refractivity contribution is 6.32. The molecule has 2 aromatic carbocycles. The number of carbonyl (C=O) groups excluding carboxylic acids is 1. The molecule has 0 unspecified atom stereocenters. The van der Waals surface area contributed by atoms with E-state index < -0.39 is 0 Å². The lowest BCUT2D eigenvalue weighted by Gasteiger charge is -2.11. The Kier molecular flexibility index (Phi) is 3.85. The SMILES string of the molecule is Cc1ccc(Oc2c(Cl)cccc2NC=O)cc1. The van der Waals surface area contributed by atoms with E-state index in [0.717, 1.165) is 5.56 Å². The third-order valence-electron chi connectivity index (χ3n) is 2.42. The second-order valence-corrected chi connectivity index (χ2v) is 4.20. The molecule has 0 heterocycles. The molecule has 3 nitrogen and oxygen atoms in total. The van der Waals surface area contributed by atoms with E-state index in [1.165, 1.54) is 0 Å². The van der Waals surface area contributed by atoms with Gasteiger partial charge in [0.25, 0.3) is 0 Å². The maximum absolute atomic E-state index is 10.5. The Morgan fingerprint density at radius 2 is 1.89 bits per heavy atom. The van der Waals surface area contributed by atoms with Crippen molar-refractivity contribution in [2.24, 2.45) is 0 Å². The van der Waals surface area contributed by atoms with Gasteiger partial charge < -0.3 is 10.1 Å². The molecule has 0 aliphatic rings. The summed E-state index contributed by atoms with van der Waals surface area (Å²) >= 11 is 6.07. The number of hydrogen-bond acceptors (Lipinski definition) is 2. The van der Waals surface area contributed by atoms with Crippen LogP contribution in [0.4, 0.5) is 5.69 Å². The van der Waals surface area contributed by atoms with Crippen molar-refractivity contribution in [3.05, 3.63) is 53.1 Å². The number of ether oxygens (including phenoxy) is 1. The Morgan fingerprint density at radius 3 is 2.56 bits per heavy atom. The predicted octanol–water partition coefficient (Wildman–Crippen LogP) is 4.01. The highest BCUT2D eigenvalue weighted by atomic mass is 35.5. The lowest BCUT2D eigenvalue weighted by molar-refractivity contribution is -0.105. The Labute approximate surface area is 110 Å². The predicted molar refractivity (Wildman–Crippen MR) is 72.4 cm³/mol. The summed E-state index contributed by atoms with van der Waals surface area (Å²) in [6.45, 7) is 2.00. The molecule has 0 atom stereocenters. The number of benzene rings is 2. The fourth-order valence-electron chi connectivity index (χ4n) is 1.51. The van der Waals surface area contributed by atoms with Gasteiger partial charge in [0.05, 0.1) is 10.7 Å². The molecule has 92 valence electrons. The second kappa shape index (κ2) is 5.56. The van der Waals surface area contributed by atoms with Crippen LogP contribution >= 0.6 is 11.6 Å². The number of halogens is 1. The minimum atomic E-state index is 0.440. The first-order chi connectivity index (χ1) is 8.70. The standard InChI is InChI=1S/C14H12ClNO2/c1-10-5-7-11(8-6-10)18-14-12(15)3-2-4-13(14)16-9-17/h2-9H,1H3,(H,16,17). The van der Waals surface area contributed by atoms with E-state index in [-0.39, 0.29) is 0 Å². The Bertz CT molecular complexity index is 552. The van der Waals surface area contributed by atoms with Crippen molar-refractivity contribution >= 4 is 23.7 Å². The first kappa shape index (κ1) is 12.5. The number of rotatable bonds is 4. The van der Waals surface area contributed by atoms with Gasteiger partial charge in [0.1, 0.15) is 5.75 Å². The molecule has 4 heteroatoms. The van der Waals surface area contributed by atoms with Crippen molar-refractivity contribution in [2.45, 2.75) is 6.92 Å². The molecule has 0 aromatic heterocycles. The highest BCUT2D eigenvalue weighted by Crippen LogP contribution is 2.36. The van der Waals surface area contributed by atoms with Gasteiger partial charge in [-0.05, 0) is 31.2 Å². The van der Waals surface area contributed by atoms with Crippen LogP contribution in [-0.4, -0.2) is 6.41 Å². The molecule has 1 amide bonds. The number of anilines is 1. The monoisotopic (exact) mass is 261 g/mol. The van der Waals surface area contributed by atoms with Crippen molar-refractivity contribution in [1.29, 1.82) is 0 Å². The van der Waals surface area contributed by atoms with Crippen LogP contribution in [0.25, 0.3) is 0 Å². The zero-order valence-corrected chi connectivity index (χ0v) is 10.6. The maximum atomic E-state index is 10.5. The molecule has 2 rings (SSSR count). The van der Waals surface area contributed by atoms with E-state index in [0.29, 0.717) is 28.6 Å². The van der Waals surface area contributed by atoms with E-state index in [2.05, 4.69) is 5.32 Å². The van der Waals surface area contributed by atoms with Crippen molar-refractivity contribution in [3.8, 4) is 11.5 Å². The van der Waals surface area contributed by atoms with Crippen molar-refractivity contribution in [3.63, 3.8) is 0 Å². The van der Waals surface area contributed by atoms with Gasteiger partial charge in [0.2, 0.25) is 6.41 Å². The molecule has 2 aromatic rings. The largest absolute Gasteiger partial charge is 0.454 e. The first-order valence-electron chi connectivity index (χ1n) is 5.44. The Hall–Kier alpha value is -2.00. The van der Waals surface area contributed by atoms with Gasteiger partial charge in [-0.15, -0.1) is 0 Å². The smallest absolute Gasteiger partial charge is 0.211 e. The summed E-state index contributed by atoms with van der Waals surface area (Å²) in [6.07, 6.45) is 0.591. The zero-order valence-electron chi connectivity index (χ0n) is 9.81. The average Bonchev–Trinajstić information content (AvgIpc) is 2.36. The zero-order chi connectivity index (χ0) is 13.0. The number of carbonyl (C=O) groups is 1. The number of hydrogen-bond donors (Lipinski definition) is 1. The van der Waals surface area contributed by atoms with E-state index in [4.69, 9.17) is 16.3 Å². The van der Waals surface area contributed by atoms with Gasteiger partial charge in [-0.1, -0.05) is 35.4 Å². The van der Waals surface area contributed by atoms with E-state index in [1.807, 2.05) is 31.2 Å². The molecule has 1 N–H and O–H groups in total. The van der Waals surface area contributed by atoms with E-state index in [1.54, 1.807) is 18.2 Å². The third kappa shape index (κ3) is 2.81. The molecule has 0 saturated heterocycles. The lowest BCUT2D eigenvalue weighted by atomic mass is 10.2. The molecule has 0 radical (unpaired) electrons. The molecule has 0 aliphatic heterocycles. The van der Waals surface area contributed by atoms with Gasteiger partial charge >= 0.3 is 0 Å². The van der Waals surface area contributed by atoms with Gasteiger partial charge in [-0.2, -0.15) is 0 Å². The summed E-state index contributed by atoms with van der Waals surface area (Å²) in [5, 5.41) is 3.01. The fraction of sp³-hybridized carbons (Fsp3) is 0.0714. The molecule has 0 spiro atoms. The number of para-hydroxylation sites is 1. The first-order valence-corrected chi connectivity index (χ1v) is 5.81. The van der Waals surface area contributed by atoms with Crippen LogP contribution in [-0.2, 0) is 4.79 Å². The van der Waals surface area contributed by atoms with E-state index in [9.17, 15) is 4.79 Å². The van der Waals surface area contributed by atoms with Crippen LogP contribution in [0.2, 0.25) is 5.02 Å². The summed E-state index contributed by atoms with van der Waals surface area (Å²) in [7, 11) is 0. The fourth-order valence-corrected chi connectivity index (χ4v) is 1.73. The third-order valence-corrected chi connectivity index (χ3v) is 2.72. The summed E-state index contributed by atoms with van der Waals surface area (Å²) in [6, 6.07) is 12.8. The number of aryl methyl sites for hydroxylation is 1. The Morgan fingerprint density at radius 1 is 1.17 bits per heavy atom. The quantitative estimate of drug-likeness (QED) is 0.845. The summed E-state index contributed by atoms with van der Waals surface area (Å²) in [4.78, 5) is 10.5. The molecule has 0 bridgehead atoms. The number of amides is 1. The molecule has 0 aliphatic carbocycles. The van der Waals surface area contributed by atoms with Gasteiger partial charge in [0, 0.05) is 0 Å². The summed E-state index contributed by atoms with van der Waals surface area (Å²) < 4.78 is 5.69. The van der Waals surface area contributed by atoms with Crippen LogP contribution in [0.1, 0.15) is 5.56 Å². The molecule has 0 fully saturated rings. The van der Waals surface area contributed by atoms with Gasteiger partial charge in [-0.3, -0.25) is 4.79 Å². The maximum Gasteiger partial charge on any atom is 0.211 e. The molecular weight excluding hydrogens is 250 g/mol. The van der Waals surface area contributed by atoms with Crippen molar-refractivity contribution in [2.75, 3.05) is 5.32 Å². The molecule has 18 heavy (non-hydrogen) atoms. The van der Waals surface area contributed by atoms with E-state index >= 15 is 0 Å². The van der Waals surface area contributed by atoms with Crippen LogP contribution in [0.5, 0.6) is 11.5 Å². The highest BCUT2D eigenvalue weighted by Gasteiger charge is 2.09. The number of nitrogens with one attached hydrogen (secondary N) is 1. The van der Waals surface area contributed by atoms with Crippen molar-refractivity contribution in [1.82, 2.24) is 0 Å². The van der Waals surface area contributed by atoms with Crippen LogP contribution in [0.15, 0.2) is 42.5 Å². The Balaban J connectivity index is 2.32.